The van der Waals surface area contributed by atoms with Crippen LogP contribution in [0.4, 0.5) is 0 Å². The Kier molecular flexibility index (Phi) is 2.76. The molecule has 0 aliphatic rings. The van der Waals surface area contributed by atoms with Gasteiger partial charge < -0.3 is 14.6 Å². The van der Waals surface area contributed by atoms with E-state index in [1.165, 1.54) is 0 Å². The monoisotopic (exact) mass is 290 g/mol. The molecule has 108 valence electrons. The van der Waals surface area contributed by atoms with Crippen LogP contribution in [0.3, 0.4) is 0 Å². The lowest BCUT2D eigenvalue weighted by molar-refractivity contribution is 0.415. The topological polar surface area (TPSA) is 62.0 Å². The van der Waals surface area contributed by atoms with Crippen LogP contribution < -0.4 is 0 Å². The van der Waals surface area contributed by atoms with Gasteiger partial charge in [0.15, 0.2) is 0 Å². The van der Waals surface area contributed by atoms with Crippen molar-refractivity contribution in [2.45, 2.75) is 6.92 Å². The number of benzene rings is 2. The van der Waals surface area contributed by atoms with E-state index in [0.29, 0.717) is 0 Å². The minimum absolute atomic E-state index is 0.256. The average Bonchev–Trinajstić information content (AvgIpc) is 3.11. The van der Waals surface area contributed by atoms with E-state index in [1.807, 2.05) is 37.3 Å². The molecule has 2 heterocycles. The predicted octanol–water partition coefficient (Wildman–Crippen LogP) is 4.50. The van der Waals surface area contributed by atoms with Crippen molar-refractivity contribution in [3.8, 4) is 28.1 Å². The third kappa shape index (κ3) is 1.89. The fourth-order valence-electron chi connectivity index (χ4n) is 2.80. The first-order valence-electron chi connectivity index (χ1n) is 7.05. The lowest BCUT2D eigenvalue weighted by Gasteiger charge is -2.04. The maximum absolute atomic E-state index is 9.53. The first-order chi connectivity index (χ1) is 10.7. The standard InChI is InChI=1S/C18H14N2O2/c1-11-15(10-22-20-11)18-17(12-6-8-13(21)9-7-12)14-4-2-3-5-16(14)19-18/h2-10,19,21H,1H3. The number of hydrogen-bond acceptors (Lipinski definition) is 3. The molecule has 22 heavy (non-hydrogen) atoms. The average molecular weight is 290 g/mol. The number of phenolic OH excluding ortho intramolecular Hbond substituents is 1. The van der Waals surface area contributed by atoms with Gasteiger partial charge in [0.2, 0.25) is 0 Å². The summed E-state index contributed by atoms with van der Waals surface area (Å²) in [5.41, 5.74) is 5.94. The van der Waals surface area contributed by atoms with Crippen LogP contribution in [-0.2, 0) is 0 Å². The van der Waals surface area contributed by atoms with Crippen LogP contribution in [0, 0.1) is 6.92 Å². The van der Waals surface area contributed by atoms with Crippen molar-refractivity contribution in [2.75, 3.05) is 0 Å². The molecule has 0 saturated carbocycles. The van der Waals surface area contributed by atoms with E-state index in [-0.39, 0.29) is 5.75 Å². The van der Waals surface area contributed by atoms with Crippen LogP contribution in [-0.4, -0.2) is 15.2 Å². The normalized spacial score (nSPS) is 11.1. The van der Waals surface area contributed by atoms with Gasteiger partial charge in [-0.1, -0.05) is 35.5 Å². The second-order valence-electron chi connectivity index (χ2n) is 5.28. The van der Waals surface area contributed by atoms with E-state index in [0.717, 1.165) is 39.0 Å². The summed E-state index contributed by atoms with van der Waals surface area (Å²) in [6, 6.07) is 15.4. The number of hydrogen-bond donors (Lipinski definition) is 2. The van der Waals surface area contributed by atoms with Crippen LogP contribution in [0.25, 0.3) is 33.3 Å². The third-order valence-electron chi connectivity index (χ3n) is 3.88. The van der Waals surface area contributed by atoms with Gasteiger partial charge in [-0.25, -0.2) is 0 Å². The van der Waals surface area contributed by atoms with Crippen molar-refractivity contribution in [1.82, 2.24) is 10.1 Å². The number of aromatic hydroxyl groups is 1. The Balaban J connectivity index is 2.06. The van der Waals surface area contributed by atoms with Crippen molar-refractivity contribution in [1.29, 1.82) is 0 Å². The quantitative estimate of drug-likeness (QED) is 0.571. The number of nitrogens with zero attached hydrogens (tertiary/aromatic N) is 1. The smallest absolute Gasteiger partial charge is 0.133 e. The highest BCUT2D eigenvalue weighted by Gasteiger charge is 2.18. The lowest BCUT2D eigenvalue weighted by atomic mass is 9.99. The summed E-state index contributed by atoms with van der Waals surface area (Å²) >= 11 is 0. The molecule has 4 heteroatoms. The number of H-pyrrole nitrogens is 1. The van der Waals surface area contributed by atoms with E-state index in [1.54, 1.807) is 18.4 Å². The van der Waals surface area contributed by atoms with Crippen LogP contribution in [0.5, 0.6) is 5.75 Å². The Morgan fingerprint density at radius 1 is 1.05 bits per heavy atom. The van der Waals surface area contributed by atoms with Crippen molar-refractivity contribution < 1.29 is 9.63 Å². The Bertz CT molecular complexity index is 949. The maximum atomic E-state index is 9.53. The third-order valence-corrected chi connectivity index (χ3v) is 3.88. The molecular weight excluding hydrogens is 276 g/mol. The van der Waals surface area contributed by atoms with Crippen molar-refractivity contribution >= 4 is 10.9 Å². The molecule has 0 atom stereocenters. The van der Waals surface area contributed by atoms with Crippen LogP contribution in [0.15, 0.2) is 59.3 Å². The molecule has 0 radical (unpaired) electrons. The fourth-order valence-corrected chi connectivity index (χ4v) is 2.80. The molecule has 2 aromatic carbocycles. The summed E-state index contributed by atoms with van der Waals surface area (Å²) in [7, 11) is 0. The molecule has 0 aliphatic carbocycles. The number of phenols is 1. The van der Waals surface area contributed by atoms with Gasteiger partial charge in [0, 0.05) is 16.5 Å². The highest BCUT2D eigenvalue weighted by Crippen LogP contribution is 2.39. The zero-order chi connectivity index (χ0) is 15.1. The van der Waals surface area contributed by atoms with Gasteiger partial charge in [0.25, 0.3) is 0 Å². The Morgan fingerprint density at radius 3 is 2.55 bits per heavy atom. The molecule has 4 nitrogen and oxygen atoms in total. The molecule has 0 unspecified atom stereocenters. The van der Waals surface area contributed by atoms with Gasteiger partial charge in [0.1, 0.15) is 12.0 Å². The van der Waals surface area contributed by atoms with Gasteiger partial charge >= 0.3 is 0 Å². The van der Waals surface area contributed by atoms with E-state index in [4.69, 9.17) is 4.52 Å². The molecule has 0 aliphatic heterocycles. The van der Waals surface area contributed by atoms with Gasteiger partial charge in [-0.3, -0.25) is 0 Å². The number of aryl methyl sites for hydroxylation is 1. The van der Waals surface area contributed by atoms with Gasteiger partial charge in [-0.15, -0.1) is 0 Å². The lowest BCUT2D eigenvalue weighted by Crippen LogP contribution is -1.83. The summed E-state index contributed by atoms with van der Waals surface area (Å²) in [4.78, 5) is 3.46. The summed E-state index contributed by atoms with van der Waals surface area (Å²) < 4.78 is 5.10. The molecule has 2 N–H and O–H groups in total. The number of rotatable bonds is 2. The van der Waals surface area contributed by atoms with E-state index >= 15 is 0 Å². The molecule has 0 bridgehead atoms. The fraction of sp³-hybridized carbons (Fsp3) is 0.0556. The summed E-state index contributed by atoms with van der Waals surface area (Å²) in [6.45, 7) is 1.92. The zero-order valence-electron chi connectivity index (χ0n) is 12.0. The minimum atomic E-state index is 0.256. The van der Waals surface area contributed by atoms with Gasteiger partial charge in [0.05, 0.1) is 17.0 Å². The molecule has 0 spiro atoms. The number of aromatic nitrogens is 2. The minimum Gasteiger partial charge on any atom is -0.508 e. The largest absolute Gasteiger partial charge is 0.508 e. The molecule has 4 aromatic rings. The van der Waals surface area contributed by atoms with Gasteiger partial charge in [-0.05, 0) is 30.7 Å². The molecule has 2 aromatic heterocycles. The predicted molar refractivity (Wildman–Crippen MR) is 85.6 cm³/mol. The van der Waals surface area contributed by atoms with Crippen molar-refractivity contribution in [3.63, 3.8) is 0 Å². The highest BCUT2D eigenvalue weighted by molar-refractivity contribution is 6.03. The summed E-state index contributed by atoms with van der Waals surface area (Å²) in [5.74, 6) is 0.256. The van der Waals surface area contributed by atoms with Crippen molar-refractivity contribution in [3.05, 3.63) is 60.5 Å². The molecule has 4 rings (SSSR count). The van der Waals surface area contributed by atoms with Crippen LogP contribution in [0.2, 0.25) is 0 Å². The first-order valence-corrected chi connectivity index (χ1v) is 7.05. The number of nitrogens with one attached hydrogen (secondary N) is 1. The molecule has 0 saturated heterocycles. The number of aromatic amines is 1. The molecule has 0 amide bonds. The molecular formula is C18H14N2O2. The van der Waals surface area contributed by atoms with E-state index < -0.39 is 0 Å². The summed E-state index contributed by atoms with van der Waals surface area (Å²) in [6.07, 6.45) is 1.66. The Morgan fingerprint density at radius 2 is 1.82 bits per heavy atom. The molecule has 0 fully saturated rings. The maximum Gasteiger partial charge on any atom is 0.133 e. The van der Waals surface area contributed by atoms with E-state index in [9.17, 15) is 5.11 Å². The second kappa shape index (κ2) is 4.77. The van der Waals surface area contributed by atoms with E-state index in [2.05, 4.69) is 16.2 Å². The number of para-hydroxylation sites is 1. The van der Waals surface area contributed by atoms with Gasteiger partial charge in [-0.2, -0.15) is 0 Å². The highest BCUT2D eigenvalue weighted by atomic mass is 16.5. The van der Waals surface area contributed by atoms with Crippen LogP contribution in [0.1, 0.15) is 5.69 Å². The second-order valence-corrected chi connectivity index (χ2v) is 5.28. The Hall–Kier alpha value is -3.01. The summed E-state index contributed by atoms with van der Waals surface area (Å²) in [5, 5.41) is 14.6. The Labute approximate surface area is 127 Å². The zero-order valence-corrected chi connectivity index (χ0v) is 12.0. The number of fused-ring (bicyclic) bond motifs is 1. The van der Waals surface area contributed by atoms with Crippen LogP contribution >= 0.6 is 0 Å². The van der Waals surface area contributed by atoms with Crippen molar-refractivity contribution in [2.24, 2.45) is 0 Å². The SMILES string of the molecule is Cc1nocc1-c1[nH]c2ccccc2c1-c1ccc(O)cc1. The first kappa shape index (κ1) is 12.7.